The Balaban J connectivity index is 0.00000121. The van der Waals surface area contributed by atoms with Crippen molar-refractivity contribution in [2.24, 2.45) is 0 Å². The van der Waals surface area contributed by atoms with E-state index in [1.807, 2.05) is 0 Å². The van der Waals surface area contributed by atoms with E-state index in [-0.39, 0.29) is 12.4 Å². The zero-order valence-corrected chi connectivity index (χ0v) is 8.28. The number of hydrogen-bond donors (Lipinski definition) is 1. The van der Waals surface area contributed by atoms with Gasteiger partial charge >= 0.3 is 0 Å². The third kappa shape index (κ3) is 2.89. The Morgan fingerprint density at radius 2 is 2.17 bits per heavy atom. The fourth-order valence-corrected chi connectivity index (χ4v) is 1.05. The van der Waals surface area contributed by atoms with E-state index in [4.69, 9.17) is 22.1 Å². The highest BCUT2D eigenvalue weighted by atomic mass is 35.5. The molecule has 1 rings (SSSR count). The van der Waals surface area contributed by atoms with Gasteiger partial charge in [0.05, 0.1) is 6.61 Å². The number of benzene rings is 1. The van der Waals surface area contributed by atoms with E-state index in [1.54, 1.807) is 25.3 Å². The summed E-state index contributed by atoms with van der Waals surface area (Å²) in [6, 6.07) is 5.34. The minimum Gasteiger partial charge on any atom is -0.398 e. The normalized spacial score (nSPS) is 9.17. The van der Waals surface area contributed by atoms with Crippen molar-refractivity contribution in [3.05, 3.63) is 28.8 Å². The van der Waals surface area contributed by atoms with Crippen LogP contribution in [0.1, 0.15) is 5.56 Å². The first-order valence-electron chi connectivity index (χ1n) is 3.27. The fourth-order valence-electron chi connectivity index (χ4n) is 0.855. The molecule has 2 nitrogen and oxygen atoms in total. The molecular formula is C8H11Cl2NO. The lowest BCUT2D eigenvalue weighted by Gasteiger charge is -2.03. The Bertz CT molecular complexity index is 253. The molecule has 0 aliphatic carbocycles. The summed E-state index contributed by atoms with van der Waals surface area (Å²) in [6.07, 6.45) is 0. The van der Waals surface area contributed by atoms with Crippen LogP contribution in [0.15, 0.2) is 18.2 Å². The highest BCUT2D eigenvalue weighted by molar-refractivity contribution is 6.30. The molecule has 0 unspecified atom stereocenters. The molecule has 0 aliphatic rings. The highest BCUT2D eigenvalue weighted by Crippen LogP contribution is 2.18. The fraction of sp³-hybridized carbons (Fsp3) is 0.250. The van der Waals surface area contributed by atoms with E-state index in [1.165, 1.54) is 0 Å². The number of rotatable bonds is 2. The quantitative estimate of drug-likeness (QED) is 0.757. The number of hydrogen-bond acceptors (Lipinski definition) is 2. The first-order chi connectivity index (χ1) is 5.24. The number of methoxy groups -OCH3 is 1. The standard InChI is InChI=1S/C8H10ClNO.ClH/c1-11-5-6-4-7(9)2-3-8(6)10;/h2-4H,5,10H2,1H3;1H. The molecule has 0 fully saturated rings. The second-order valence-electron chi connectivity index (χ2n) is 2.28. The lowest BCUT2D eigenvalue weighted by atomic mass is 10.2. The van der Waals surface area contributed by atoms with Crippen LogP contribution in [0.25, 0.3) is 0 Å². The van der Waals surface area contributed by atoms with Crippen molar-refractivity contribution in [3.63, 3.8) is 0 Å². The first kappa shape index (κ1) is 11.6. The van der Waals surface area contributed by atoms with Crippen molar-refractivity contribution in [2.45, 2.75) is 6.61 Å². The van der Waals surface area contributed by atoms with E-state index in [2.05, 4.69) is 0 Å². The van der Waals surface area contributed by atoms with Crippen LogP contribution >= 0.6 is 24.0 Å². The van der Waals surface area contributed by atoms with Crippen LogP contribution in [0.3, 0.4) is 0 Å². The van der Waals surface area contributed by atoms with E-state index >= 15 is 0 Å². The third-order valence-corrected chi connectivity index (χ3v) is 1.64. The van der Waals surface area contributed by atoms with Crippen molar-refractivity contribution in [1.82, 2.24) is 0 Å². The summed E-state index contributed by atoms with van der Waals surface area (Å²) in [5, 5.41) is 0.686. The van der Waals surface area contributed by atoms with Gasteiger partial charge in [-0.1, -0.05) is 11.6 Å². The van der Waals surface area contributed by atoms with Crippen LogP contribution in [0, 0.1) is 0 Å². The van der Waals surface area contributed by atoms with E-state index in [0.717, 1.165) is 11.3 Å². The molecular weight excluding hydrogens is 197 g/mol. The van der Waals surface area contributed by atoms with Gasteiger partial charge in [0.25, 0.3) is 0 Å². The molecule has 12 heavy (non-hydrogen) atoms. The first-order valence-corrected chi connectivity index (χ1v) is 3.64. The Morgan fingerprint density at radius 3 is 2.75 bits per heavy atom. The van der Waals surface area contributed by atoms with E-state index < -0.39 is 0 Å². The number of nitrogens with two attached hydrogens (primary N) is 1. The molecule has 1 aromatic carbocycles. The molecule has 0 atom stereocenters. The Kier molecular flexibility index (Phi) is 5.06. The van der Waals surface area contributed by atoms with Gasteiger partial charge in [0.2, 0.25) is 0 Å². The van der Waals surface area contributed by atoms with Crippen molar-refractivity contribution in [3.8, 4) is 0 Å². The lowest BCUT2D eigenvalue weighted by Crippen LogP contribution is -1.95. The SMILES string of the molecule is COCc1cc(Cl)ccc1N.Cl. The molecule has 0 radical (unpaired) electrons. The maximum atomic E-state index is 5.74. The topological polar surface area (TPSA) is 35.2 Å². The average Bonchev–Trinajstić information content (AvgIpc) is 1.98. The molecule has 1 aromatic rings. The summed E-state index contributed by atoms with van der Waals surface area (Å²) < 4.78 is 4.93. The smallest absolute Gasteiger partial charge is 0.0733 e. The summed E-state index contributed by atoms with van der Waals surface area (Å²) in [4.78, 5) is 0. The summed E-state index contributed by atoms with van der Waals surface area (Å²) in [5.74, 6) is 0. The molecule has 0 spiro atoms. The summed E-state index contributed by atoms with van der Waals surface area (Å²) in [7, 11) is 1.63. The van der Waals surface area contributed by atoms with Crippen molar-refractivity contribution < 1.29 is 4.74 Å². The maximum Gasteiger partial charge on any atom is 0.0733 e. The second kappa shape index (κ2) is 5.25. The van der Waals surface area contributed by atoms with Crippen LogP contribution in [0.4, 0.5) is 5.69 Å². The summed E-state index contributed by atoms with van der Waals surface area (Å²) >= 11 is 5.74. The van der Waals surface area contributed by atoms with Gasteiger partial charge in [-0.15, -0.1) is 12.4 Å². The number of nitrogen functional groups attached to an aromatic ring is 1. The molecule has 68 valence electrons. The molecule has 0 amide bonds. The lowest BCUT2D eigenvalue weighted by molar-refractivity contribution is 0.185. The Morgan fingerprint density at radius 1 is 1.50 bits per heavy atom. The number of ether oxygens (including phenoxy) is 1. The molecule has 0 bridgehead atoms. The van der Waals surface area contributed by atoms with Crippen molar-refractivity contribution >= 4 is 29.7 Å². The summed E-state index contributed by atoms with van der Waals surface area (Å²) in [6.45, 7) is 0.506. The molecule has 4 heteroatoms. The predicted molar refractivity (Wildman–Crippen MR) is 53.8 cm³/mol. The maximum absolute atomic E-state index is 5.74. The minimum absolute atomic E-state index is 0. The molecule has 0 aliphatic heterocycles. The second-order valence-corrected chi connectivity index (χ2v) is 2.71. The monoisotopic (exact) mass is 207 g/mol. The van der Waals surface area contributed by atoms with Gasteiger partial charge < -0.3 is 10.5 Å². The molecule has 2 N–H and O–H groups in total. The van der Waals surface area contributed by atoms with Crippen LogP contribution in [0.5, 0.6) is 0 Å². The van der Waals surface area contributed by atoms with Gasteiger partial charge in [0, 0.05) is 23.4 Å². The molecule has 0 aromatic heterocycles. The third-order valence-electron chi connectivity index (χ3n) is 1.40. The Hall–Kier alpha value is -0.440. The largest absolute Gasteiger partial charge is 0.398 e. The molecule has 0 saturated heterocycles. The number of halogens is 2. The molecule has 0 saturated carbocycles. The van der Waals surface area contributed by atoms with Crippen LogP contribution in [0.2, 0.25) is 5.02 Å². The van der Waals surface area contributed by atoms with Gasteiger partial charge in [-0.2, -0.15) is 0 Å². The zero-order chi connectivity index (χ0) is 8.27. The Labute approximate surface area is 83.1 Å². The summed E-state index contributed by atoms with van der Waals surface area (Å²) in [5.41, 5.74) is 7.29. The van der Waals surface area contributed by atoms with Gasteiger partial charge in [0.1, 0.15) is 0 Å². The van der Waals surface area contributed by atoms with Crippen molar-refractivity contribution in [2.75, 3.05) is 12.8 Å². The van der Waals surface area contributed by atoms with E-state index in [0.29, 0.717) is 11.6 Å². The minimum atomic E-state index is 0. The average molecular weight is 208 g/mol. The van der Waals surface area contributed by atoms with Crippen LogP contribution < -0.4 is 5.73 Å². The predicted octanol–water partition coefficient (Wildman–Crippen LogP) is 2.49. The number of anilines is 1. The van der Waals surface area contributed by atoms with Gasteiger partial charge in [-0.25, -0.2) is 0 Å². The zero-order valence-electron chi connectivity index (χ0n) is 6.71. The van der Waals surface area contributed by atoms with Gasteiger partial charge in [-0.05, 0) is 18.2 Å². The van der Waals surface area contributed by atoms with Crippen molar-refractivity contribution in [1.29, 1.82) is 0 Å². The molecule has 0 heterocycles. The van der Waals surface area contributed by atoms with E-state index in [9.17, 15) is 0 Å². The van der Waals surface area contributed by atoms with Gasteiger partial charge in [0.15, 0.2) is 0 Å². The van der Waals surface area contributed by atoms with Gasteiger partial charge in [-0.3, -0.25) is 0 Å². The highest BCUT2D eigenvalue weighted by Gasteiger charge is 1.98. The van der Waals surface area contributed by atoms with Crippen LogP contribution in [-0.4, -0.2) is 7.11 Å². The van der Waals surface area contributed by atoms with Crippen LogP contribution in [-0.2, 0) is 11.3 Å².